The predicted molar refractivity (Wildman–Crippen MR) is 53.0 cm³/mol. The molecule has 0 saturated heterocycles. The largest absolute Gasteiger partial charge is 0.389 e. The van der Waals surface area contributed by atoms with E-state index in [0.717, 1.165) is 22.5 Å². The molecule has 0 saturated carbocycles. The Hall–Kier alpha value is -1.13. The maximum absolute atomic E-state index is 8.65. The molecule has 0 bridgehead atoms. The molecule has 0 atom stereocenters. The lowest BCUT2D eigenvalue weighted by atomic mass is 10.2. The summed E-state index contributed by atoms with van der Waals surface area (Å²) in [6, 6.07) is 5.37. The second-order valence-electron chi connectivity index (χ2n) is 2.49. The first-order valence-electron chi connectivity index (χ1n) is 3.90. The summed E-state index contributed by atoms with van der Waals surface area (Å²) in [5.74, 6) is 0. The standard InChI is InChI=1S/C8H10N3O2S/c1-6-3-4-7(5-8(6)11-9)14-13-12-10-2/h3-5,10H,1-2H3/q+1. The van der Waals surface area contributed by atoms with Crippen molar-refractivity contribution in [2.75, 3.05) is 7.05 Å². The van der Waals surface area contributed by atoms with Gasteiger partial charge in [-0.1, -0.05) is 6.07 Å². The summed E-state index contributed by atoms with van der Waals surface area (Å²) < 4.78 is 4.69. The van der Waals surface area contributed by atoms with Crippen LogP contribution in [0.4, 0.5) is 5.69 Å². The summed E-state index contributed by atoms with van der Waals surface area (Å²) in [6.45, 7) is 1.86. The molecule has 6 heteroatoms. The van der Waals surface area contributed by atoms with Crippen molar-refractivity contribution in [2.24, 2.45) is 0 Å². The minimum Gasteiger partial charge on any atom is -0.172 e. The Kier molecular flexibility index (Phi) is 4.35. The van der Waals surface area contributed by atoms with Crippen molar-refractivity contribution in [3.8, 4) is 0 Å². The van der Waals surface area contributed by atoms with E-state index in [1.165, 1.54) is 0 Å². The molecule has 0 aromatic heterocycles. The lowest BCUT2D eigenvalue weighted by Crippen LogP contribution is -2.03. The first-order chi connectivity index (χ1) is 6.77. The highest BCUT2D eigenvalue weighted by Crippen LogP contribution is 2.26. The van der Waals surface area contributed by atoms with Crippen LogP contribution < -0.4 is 5.48 Å². The van der Waals surface area contributed by atoms with Gasteiger partial charge in [-0.2, -0.15) is 5.48 Å². The van der Waals surface area contributed by atoms with Crippen LogP contribution in [0, 0.1) is 12.3 Å². The van der Waals surface area contributed by atoms with Crippen LogP contribution in [0.25, 0.3) is 4.98 Å². The molecule has 0 aliphatic rings. The SMILES string of the molecule is CNOOSc1ccc(C)c([N+]#N)c1. The fraction of sp³-hybridized carbons (Fsp3) is 0.250. The molecule has 0 heterocycles. The van der Waals surface area contributed by atoms with Crippen LogP contribution in [0.3, 0.4) is 0 Å². The van der Waals surface area contributed by atoms with E-state index in [1.54, 1.807) is 13.1 Å². The lowest BCUT2D eigenvalue weighted by Gasteiger charge is -1.98. The minimum absolute atomic E-state index is 0.517. The molecule has 14 heavy (non-hydrogen) atoms. The topological polar surface area (TPSA) is 58.6 Å². The third-order valence-corrected chi connectivity index (χ3v) is 2.12. The minimum atomic E-state index is 0.517. The fourth-order valence-corrected chi connectivity index (χ4v) is 1.30. The van der Waals surface area contributed by atoms with Crippen molar-refractivity contribution in [3.05, 3.63) is 28.7 Å². The van der Waals surface area contributed by atoms with Gasteiger partial charge >= 0.3 is 5.69 Å². The summed E-state index contributed by atoms with van der Waals surface area (Å²) in [6.07, 6.45) is 0. The summed E-state index contributed by atoms with van der Waals surface area (Å²) in [5.41, 5.74) is 3.77. The Balaban J connectivity index is 2.66. The molecule has 0 aliphatic carbocycles. The molecule has 0 fully saturated rings. The first kappa shape index (κ1) is 10.9. The van der Waals surface area contributed by atoms with E-state index >= 15 is 0 Å². The molecule has 1 aromatic carbocycles. The number of benzene rings is 1. The zero-order chi connectivity index (χ0) is 10.4. The molecular formula is C8H10N3O2S+. The number of nitrogens with one attached hydrogen (secondary N) is 1. The Labute approximate surface area is 86.1 Å². The van der Waals surface area contributed by atoms with Gasteiger partial charge in [-0.05, 0) is 13.0 Å². The smallest absolute Gasteiger partial charge is 0.172 e. The summed E-state index contributed by atoms with van der Waals surface area (Å²) in [4.78, 5) is 8.39. The average molecular weight is 212 g/mol. The molecule has 74 valence electrons. The summed E-state index contributed by atoms with van der Waals surface area (Å²) >= 11 is 1.03. The van der Waals surface area contributed by atoms with Gasteiger partial charge in [0.1, 0.15) is 0 Å². The van der Waals surface area contributed by atoms with Crippen LogP contribution in [0.2, 0.25) is 0 Å². The number of diazo groups is 1. The second kappa shape index (κ2) is 5.57. The van der Waals surface area contributed by atoms with Gasteiger partial charge in [0.2, 0.25) is 5.39 Å². The monoisotopic (exact) mass is 212 g/mol. The highest BCUT2D eigenvalue weighted by Gasteiger charge is 2.11. The third-order valence-electron chi connectivity index (χ3n) is 1.54. The van der Waals surface area contributed by atoms with E-state index in [4.69, 9.17) is 9.73 Å². The van der Waals surface area contributed by atoms with Gasteiger partial charge in [-0.3, -0.25) is 0 Å². The van der Waals surface area contributed by atoms with Crippen molar-refractivity contribution >= 4 is 17.7 Å². The average Bonchev–Trinajstić information content (AvgIpc) is 2.21. The van der Waals surface area contributed by atoms with Gasteiger partial charge in [0.15, 0.2) is 4.98 Å². The highest BCUT2D eigenvalue weighted by atomic mass is 32.2. The van der Waals surface area contributed by atoms with Crippen LogP contribution in [-0.2, 0) is 9.32 Å². The number of rotatable bonds is 4. The van der Waals surface area contributed by atoms with E-state index in [9.17, 15) is 0 Å². The van der Waals surface area contributed by atoms with Gasteiger partial charge < -0.3 is 0 Å². The van der Waals surface area contributed by atoms with E-state index < -0.39 is 0 Å². The molecule has 0 amide bonds. The molecule has 1 rings (SSSR count). The zero-order valence-corrected chi connectivity index (χ0v) is 8.67. The molecule has 0 spiro atoms. The number of hydrogen-bond acceptors (Lipinski definition) is 5. The van der Waals surface area contributed by atoms with Crippen LogP contribution >= 0.6 is 12.0 Å². The van der Waals surface area contributed by atoms with Crippen LogP contribution in [0.5, 0.6) is 0 Å². The molecule has 1 N–H and O–H groups in total. The Bertz CT molecular complexity index is 351. The number of aryl methyl sites for hydroxylation is 1. The molecule has 0 unspecified atom stereocenters. The van der Waals surface area contributed by atoms with Crippen molar-refractivity contribution in [2.45, 2.75) is 11.8 Å². The quantitative estimate of drug-likeness (QED) is 0.273. The van der Waals surface area contributed by atoms with Crippen molar-refractivity contribution in [1.29, 1.82) is 5.39 Å². The van der Waals surface area contributed by atoms with E-state index in [2.05, 4.69) is 15.4 Å². The second-order valence-corrected chi connectivity index (χ2v) is 3.26. The molecular weight excluding hydrogens is 202 g/mol. The summed E-state index contributed by atoms with van der Waals surface area (Å²) in [7, 11) is 1.59. The molecule has 0 radical (unpaired) electrons. The van der Waals surface area contributed by atoms with E-state index in [-0.39, 0.29) is 0 Å². The molecule has 1 aromatic rings. The maximum Gasteiger partial charge on any atom is 0.389 e. The van der Waals surface area contributed by atoms with Gasteiger partial charge in [-0.15, -0.1) is 9.32 Å². The molecule has 5 nitrogen and oxygen atoms in total. The van der Waals surface area contributed by atoms with Crippen molar-refractivity contribution in [1.82, 2.24) is 5.48 Å². The van der Waals surface area contributed by atoms with Crippen LogP contribution in [0.1, 0.15) is 5.56 Å². The third kappa shape index (κ3) is 2.97. The predicted octanol–water partition coefficient (Wildman–Crippen LogP) is 2.57. The summed E-state index contributed by atoms with van der Waals surface area (Å²) in [5, 5.41) is 8.65. The normalized spacial score (nSPS) is 9.79. The highest BCUT2D eigenvalue weighted by molar-refractivity contribution is 7.94. The van der Waals surface area contributed by atoms with Crippen LogP contribution in [-0.4, -0.2) is 7.05 Å². The first-order valence-corrected chi connectivity index (χ1v) is 4.64. The van der Waals surface area contributed by atoms with E-state index in [1.807, 2.05) is 19.1 Å². The van der Waals surface area contributed by atoms with Gasteiger partial charge in [-0.25, -0.2) is 0 Å². The van der Waals surface area contributed by atoms with Gasteiger partial charge in [0.25, 0.3) is 0 Å². The van der Waals surface area contributed by atoms with Crippen LogP contribution in [0.15, 0.2) is 23.1 Å². The fourth-order valence-electron chi connectivity index (χ4n) is 0.839. The zero-order valence-electron chi connectivity index (χ0n) is 7.85. The van der Waals surface area contributed by atoms with Crippen molar-refractivity contribution in [3.63, 3.8) is 0 Å². The Morgan fingerprint density at radius 3 is 2.93 bits per heavy atom. The number of nitrogens with zero attached hydrogens (tertiary/aromatic N) is 2. The number of hydroxylamine groups is 1. The Morgan fingerprint density at radius 1 is 1.50 bits per heavy atom. The Morgan fingerprint density at radius 2 is 2.29 bits per heavy atom. The maximum atomic E-state index is 8.65. The van der Waals surface area contributed by atoms with Gasteiger partial charge in [0.05, 0.1) is 12.0 Å². The van der Waals surface area contributed by atoms with E-state index in [0.29, 0.717) is 5.69 Å². The van der Waals surface area contributed by atoms with Gasteiger partial charge in [0, 0.05) is 23.6 Å². The lowest BCUT2D eigenvalue weighted by molar-refractivity contribution is -0.237. The number of hydrogen-bond donors (Lipinski definition) is 1. The van der Waals surface area contributed by atoms with Crippen molar-refractivity contribution < 1.29 is 9.32 Å². The molecule has 0 aliphatic heterocycles.